The molecule has 0 aliphatic rings. The molecule has 2 aromatic rings. The van der Waals surface area contributed by atoms with Crippen molar-refractivity contribution < 1.29 is 0 Å². The summed E-state index contributed by atoms with van der Waals surface area (Å²) in [6.45, 7) is 13.7. The second-order valence-electron chi connectivity index (χ2n) is 8.59. The van der Waals surface area contributed by atoms with Crippen LogP contribution in [0.2, 0.25) is 14.8 Å². The summed E-state index contributed by atoms with van der Waals surface area (Å²) in [6.07, 6.45) is 0. The van der Waals surface area contributed by atoms with Gasteiger partial charge in [0.1, 0.15) is 0 Å². The Bertz CT molecular complexity index is 748. The summed E-state index contributed by atoms with van der Waals surface area (Å²) in [5.74, 6) is 0. The van der Waals surface area contributed by atoms with Gasteiger partial charge in [0.15, 0.2) is 0 Å². The molecule has 2 aromatic carbocycles. The van der Waals surface area contributed by atoms with Gasteiger partial charge >= 0.3 is 185 Å². The van der Waals surface area contributed by atoms with E-state index in [4.69, 9.17) is 0 Å². The van der Waals surface area contributed by atoms with E-state index in [9.17, 15) is 0 Å². The van der Waals surface area contributed by atoms with Gasteiger partial charge in [-0.25, -0.2) is 0 Å². The van der Waals surface area contributed by atoms with Crippen molar-refractivity contribution in [2.75, 3.05) is 26.2 Å². The van der Waals surface area contributed by atoms with Gasteiger partial charge in [0.25, 0.3) is 0 Å². The minimum atomic E-state index is -2.51. The first kappa shape index (κ1) is 24.2. The molecule has 0 unspecified atom stereocenters. The molecule has 2 nitrogen and oxygen atoms in total. The van der Waals surface area contributed by atoms with Crippen LogP contribution in [0.5, 0.6) is 0 Å². The van der Waals surface area contributed by atoms with Crippen molar-refractivity contribution in [3.05, 3.63) is 71.8 Å². The summed E-state index contributed by atoms with van der Waals surface area (Å²) in [6, 6.07) is 22.3. The molecule has 0 aliphatic carbocycles. The molecule has 0 amide bonds. The second kappa shape index (κ2) is 11.4. The maximum atomic E-state index is 2.63. The third-order valence-electron chi connectivity index (χ3n) is 5.74. The average Bonchev–Trinajstić information content (AvgIpc) is 2.73. The van der Waals surface area contributed by atoms with Crippen LogP contribution < -0.4 is 0 Å². The van der Waals surface area contributed by atoms with Crippen LogP contribution in [0.25, 0.3) is 9.06 Å². The van der Waals surface area contributed by atoms with Crippen molar-refractivity contribution in [3.63, 3.8) is 0 Å². The SMILES string of the molecule is CCN(CC)B(/C(=[C](/c1ccccc1)[Sn]([CH3])([CH3])[CH3])c1ccccc1)N(CC)CC. The molecular formula is C25H39BN2Sn. The number of hydrogen-bond acceptors (Lipinski definition) is 2. The fourth-order valence-corrected chi connectivity index (χ4v) is 10.4. The summed E-state index contributed by atoms with van der Waals surface area (Å²) in [4.78, 5) is 12.9. The Labute approximate surface area is 184 Å². The molecule has 0 bridgehead atoms. The van der Waals surface area contributed by atoms with E-state index in [1.165, 1.54) is 16.6 Å². The molecule has 29 heavy (non-hydrogen) atoms. The fraction of sp³-hybridized carbons (Fsp3) is 0.440. The van der Waals surface area contributed by atoms with Crippen molar-refractivity contribution >= 4 is 34.4 Å². The average molecular weight is 497 g/mol. The predicted molar refractivity (Wildman–Crippen MR) is 135 cm³/mol. The standard InChI is InChI=1S/C22H30BN2.3CH3.Sn/c1-5-24(6-2)23(25(7-3)8-4)22(21-17-13-10-14-18-21)19-20-15-11-9-12-16-20;;;;/h9-18H,5-8H2,1-4H3;3*1H3;. The van der Waals surface area contributed by atoms with Crippen LogP contribution in [0.1, 0.15) is 38.8 Å². The number of hydrogen-bond donors (Lipinski definition) is 0. The minimum absolute atomic E-state index is 0.300. The number of benzene rings is 2. The Balaban J connectivity index is 2.93. The van der Waals surface area contributed by atoms with Crippen LogP contribution in [0.3, 0.4) is 0 Å². The van der Waals surface area contributed by atoms with Crippen LogP contribution in [0, 0.1) is 0 Å². The Hall–Kier alpha value is -1.04. The molecule has 0 aliphatic heterocycles. The molecule has 0 radical (unpaired) electrons. The van der Waals surface area contributed by atoms with E-state index in [2.05, 4.69) is 113 Å². The molecule has 0 spiro atoms. The van der Waals surface area contributed by atoms with Gasteiger partial charge in [0, 0.05) is 0 Å². The summed E-state index contributed by atoms with van der Waals surface area (Å²) < 4.78 is 1.65. The van der Waals surface area contributed by atoms with Crippen molar-refractivity contribution in [1.82, 2.24) is 9.62 Å². The molecular weight excluding hydrogens is 458 g/mol. The molecule has 156 valence electrons. The zero-order valence-electron chi connectivity index (χ0n) is 19.6. The Morgan fingerprint density at radius 3 is 1.38 bits per heavy atom. The van der Waals surface area contributed by atoms with Gasteiger partial charge in [-0.15, -0.1) is 0 Å². The topological polar surface area (TPSA) is 6.48 Å². The van der Waals surface area contributed by atoms with Crippen LogP contribution in [-0.2, 0) is 0 Å². The third kappa shape index (κ3) is 5.99. The first-order chi connectivity index (χ1) is 13.9. The Morgan fingerprint density at radius 2 is 1.03 bits per heavy atom. The fourth-order valence-electron chi connectivity index (χ4n) is 4.37. The van der Waals surface area contributed by atoms with Crippen LogP contribution >= 0.6 is 0 Å². The molecule has 2 rings (SSSR count). The van der Waals surface area contributed by atoms with Gasteiger partial charge in [-0.3, -0.25) is 0 Å². The molecule has 0 heterocycles. The van der Waals surface area contributed by atoms with Crippen LogP contribution in [0.4, 0.5) is 0 Å². The van der Waals surface area contributed by atoms with E-state index in [0.717, 1.165) is 26.2 Å². The van der Waals surface area contributed by atoms with E-state index < -0.39 is 18.4 Å². The van der Waals surface area contributed by atoms with Crippen LogP contribution in [-0.4, -0.2) is 61.2 Å². The molecule has 0 saturated carbocycles. The van der Waals surface area contributed by atoms with Crippen LogP contribution in [0.15, 0.2) is 60.7 Å². The van der Waals surface area contributed by atoms with Gasteiger partial charge in [-0.2, -0.15) is 0 Å². The Kier molecular flexibility index (Phi) is 9.51. The van der Waals surface area contributed by atoms with Gasteiger partial charge in [-0.05, 0) is 0 Å². The van der Waals surface area contributed by atoms with Gasteiger partial charge in [0.05, 0.1) is 0 Å². The van der Waals surface area contributed by atoms with Gasteiger partial charge in [0.2, 0.25) is 0 Å². The summed E-state index contributed by atoms with van der Waals surface area (Å²) in [7, 11) is 0. The molecule has 0 atom stereocenters. The molecule has 0 fully saturated rings. The van der Waals surface area contributed by atoms with Crippen molar-refractivity contribution in [3.8, 4) is 0 Å². The molecule has 0 N–H and O–H groups in total. The van der Waals surface area contributed by atoms with E-state index in [0.29, 0.717) is 6.98 Å². The van der Waals surface area contributed by atoms with E-state index >= 15 is 0 Å². The normalized spacial score (nSPS) is 13.0. The summed E-state index contributed by atoms with van der Waals surface area (Å²) in [5, 5.41) is 0. The molecule has 4 heteroatoms. The third-order valence-corrected chi connectivity index (χ3v) is 11.6. The van der Waals surface area contributed by atoms with Gasteiger partial charge in [-0.1, -0.05) is 0 Å². The summed E-state index contributed by atoms with van der Waals surface area (Å²) >= 11 is -2.51. The Morgan fingerprint density at radius 1 is 0.655 bits per heavy atom. The summed E-state index contributed by atoms with van der Waals surface area (Å²) in [5.41, 5.74) is 4.33. The first-order valence-corrected chi connectivity index (χ1v) is 21.2. The van der Waals surface area contributed by atoms with Crippen molar-refractivity contribution in [1.29, 1.82) is 0 Å². The predicted octanol–water partition coefficient (Wildman–Crippen LogP) is 6.19. The van der Waals surface area contributed by atoms with E-state index in [-0.39, 0.29) is 0 Å². The number of nitrogens with zero attached hydrogens (tertiary/aromatic N) is 2. The van der Waals surface area contributed by atoms with E-state index in [1.807, 2.05) is 0 Å². The van der Waals surface area contributed by atoms with Crippen molar-refractivity contribution in [2.45, 2.75) is 42.5 Å². The first-order valence-electron chi connectivity index (χ1n) is 11.2. The molecule has 0 saturated heterocycles. The van der Waals surface area contributed by atoms with E-state index in [1.54, 1.807) is 3.59 Å². The zero-order valence-corrected chi connectivity index (χ0v) is 22.4. The van der Waals surface area contributed by atoms with Crippen molar-refractivity contribution in [2.24, 2.45) is 0 Å². The monoisotopic (exact) mass is 498 g/mol. The molecule has 0 aromatic heterocycles. The maximum absolute atomic E-state index is 2.63. The quantitative estimate of drug-likeness (QED) is 0.286. The zero-order chi connectivity index (χ0) is 21.4. The number of rotatable bonds is 10. The van der Waals surface area contributed by atoms with Gasteiger partial charge < -0.3 is 0 Å². The second-order valence-corrected chi connectivity index (χ2v) is 22.9.